The van der Waals surface area contributed by atoms with Gasteiger partial charge in [-0.2, -0.15) is 0 Å². The van der Waals surface area contributed by atoms with Gasteiger partial charge in [0.15, 0.2) is 4.87 Å². The quantitative estimate of drug-likeness (QED) is 0.653. The fraction of sp³-hybridized carbons (Fsp3) is 0.750. The van der Waals surface area contributed by atoms with Crippen molar-refractivity contribution in [2.24, 2.45) is 0 Å². The molecule has 5 nitrogen and oxygen atoms in total. The second-order valence-electron chi connectivity index (χ2n) is 3.10. The van der Waals surface area contributed by atoms with Crippen LogP contribution in [0.2, 0.25) is 0 Å². The molecule has 1 aliphatic heterocycles. The van der Waals surface area contributed by atoms with Crippen LogP contribution in [0.25, 0.3) is 0 Å². The second-order valence-corrected chi connectivity index (χ2v) is 4.54. The Bertz CT molecular complexity index is 258. The van der Waals surface area contributed by atoms with Crippen LogP contribution in [-0.2, 0) is 14.3 Å². The minimum atomic E-state index is -0.939. The van der Waals surface area contributed by atoms with E-state index >= 15 is 0 Å². The SMILES string of the molecule is CCOC(=O)C1(C)N[C@H](C(=O)O)CS1. The van der Waals surface area contributed by atoms with Crippen LogP contribution in [0.4, 0.5) is 0 Å². The smallest absolute Gasteiger partial charge is 0.336 e. The van der Waals surface area contributed by atoms with Crippen LogP contribution in [0.3, 0.4) is 0 Å². The summed E-state index contributed by atoms with van der Waals surface area (Å²) in [6.07, 6.45) is 0. The van der Waals surface area contributed by atoms with Crippen molar-refractivity contribution in [2.45, 2.75) is 24.8 Å². The minimum Gasteiger partial charge on any atom is -0.480 e. The molecule has 0 saturated carbocycles. The number of hydrogen-bond acceptors (Lipinski definition) is 5. The third kappa shape index (κ3) is 2.19. The fourth-order valence-electron chi connectivity index (χ4n) is 1.19. The molecule has 2 atom stereocenters. The van der Waals surface area contributed by atoms with Crippen molar-refractivity contribution in [3.05, 3.63) is 0 Å². The summed E-state index contributed by atoms with van der Waals surface area (Å²) < 4.78 is 4.84. The molecule has 1 fully saturated rings. The molecule has 0 aliphatic carbocycles. The van der Waals surface area contributed by atoms with E-state index in [9.17, 15) is 9.59 Å². The maximum Gasteiger partial charge on any atom is 0.336 e. The topological polar surface area (TPSA) is 75.6 Å². The highest BCUT2D eigenvalue weighted by molar-refractivity contribution is 8.01. The summed E-state index contributed by atoms with van der Waals surface area (Å²) in [4.78, 5) is 21.2. The number of ether oxygens (including phenoxy) is 1. The van der Waals surface area contributed by atoms with Crippen LogP contribution in [0.5, 0.6) is 0 Å². The van der Waals surface area contributed by atoms with Gasteiger partial charge in [0, 0.05) is 5.75 Å². The summed E-state index contributed by atoms with van der Waals surface area (Å²) in [5.41, 5.74) is 0. The van der Waals surface area contributed by atoms with Crippen molar-refractivity contribution in [3.8, 4) is 0 Å². The molecule has 2 N–H and O–H groups in total. The molecule has 0 aromatic heterocycles. The third-order valence-corrected chi connectivity index (χ3v) is 3.31. The highest BCUT2D eigenvalue weighted by Crippen LogP contribution is 2.31. The van der Waals surface area contributed by atoms with Gasteiger partial charge in [-0.25, -0.2) is 4.79 Å². The monoisotopic (exact) mass is 219 g/mol. The Labute approximate surface area is 86.2 Å². The van der Waals surface area contributed by atoms with E-state index < -0.39 is 22.9 Å². The number of carbonyl (C=O) groups excluding carboxylic acids is 1. The van der Waals surface area contributed by atoms with Crippen LogP contribution < -0.4 is 5.32 Å². The number of rotatable bonds is 3. The Morgan fingerprint density at radius 2 is 2.36 bits per heavy atom. The molecule has 1 aliphatic rings. The zero-order valence-corrected chi connectivity index (χ0v) is 8.89. The summed E-state index contributed by atoms with van der Waals surface area (Å²) in [6, 6.07) is -0.672. The van der Waals surface area contributed by atoms with Gasteiger partial charge in [0.25, 0.3) is 0 Å². The molecule has 6 heteroatoms. The number of carbonyl (C=O) groups is 2. The van der Waals surface area contributed by atoms with E-state index in [1.54, 1.807) is 13.8 Å². The van der Waals surface area contributed by atoms with Crippen LogP contribution in [0.15, 0.2) is 0 Å². The van der Waals surface area contributed by atoms with E-state index in [-0.39, 0.29) is 0 Å². The van der Waals surface area contributed by atoms with Crippen LogP contribution >= 0.6 is 11.8 Å². The standard InChI is InChI=1S/C8H13NO4S/c1-3-13-7(12)8(2)9-5(4-14-8)6(10)11/h5,9H,3-4H2,1-2H3,(H,10,11)/t5-,8?/m0/s1. The van der Waals surface area contributed by atoms with Crippen molar-refractivity contribution < 1.29 is 19.4 Å². The molecule has 1 unspecified atom stereocenters. The first kappa shape index (κ1) is 11.3. The first-order valence-corrected chi connectivity index (χ1v) is 5.30. The molecule has 0 aromatic carbocycles. The predicted molar refractivity (Wildman–Crippen MR) is 52.1 cm³/mol. The lowest BCUT2D eigenvalue weighted by Crippen LogP contribution is -2.49. The molecule has 14 heavy (non-hydrogen) atoms. The number of carboxylic acid groups (broad SMARTS) is 1. The summed E-state index contributed by atoms with van der Waals surface area (Å²) in [6.45, 7) is 3.66. The van der Waals surface area contributed by atoms with Crippen LogP contribution in [0, 0.1) is 0 Å². The van der Waals surface area contributed by atoms with Gasteiger partial charge in [0.2, 0.25) is 0 Å². The summed E-state index contributed by atoms with van der Waals surface area (Å²) in [5, 5.41) is 11.5. The van der Waals surface area contributed by atoms with Crippen molar-refractivity contribution in [1.29, 1.82) is 0 Å². The average Bonchev–Trinajstić information content (AvgIpc) is 2.50. The van der Waals surface area contributed by atoms with Gasteiger partial charge in [-0.15, -0.1) is 11.8 Å². The second kappa shape index (κ2) is 4.18. The summed E-state index contributed by atoms with van der Waals surface area (Å²) >= 11 is 1.26. The van der Waals surface area contributed by atoms with Gasteiger partial charge < -0.3 is 9.84 Å². The van der Waals surface area contributed by atoms with Crippen molar-refractivity contribution in [1.82, 2.24) is 5.32 Å². The number of nitrogens with one attached hydrogen (secondary N) is 1. The normalized spacial score (nSPS) is 31.4. The van der Waals surface area contributed by atoms with Crippen molar-refractivity contribution >= 4 is 23.7 Å². The van der Waals surface area contributed by atoms with E-state index in [4.69, 9.17) is 9.84 Å². The lowest BCUT2D eigenvalue weighted by Gasteiger charge is -2.21. The molecule has 1 rings (SSSR count). The van der Waals surface area contributed by atoms with Crippen LogP contribution in [-0.4, -0.2) is 40.3 Å². The molecule has 0 bridgehead atoms. The fourth-order valence-corrected chi connectivity index (χ4v) is 2.31. The highest BCUT2D eigenvalue weighted by atomic mass is 32.2. The molecule has 0 radical (unpaired) electrons. The molecule has 0 spiro atoms. The maximum absolute atomic E-state index is 11.4. The molecule has 0 aromatic rings. The summed E-state index contributed by atoms with van der Waals surface area (Å²) in [5.74, 6) is -0.968. The Morgan fingerprint density at radius 1 is 1.71 bits per heavy atom. The van der Waals surface area contributed by atoms with E-state index in [1.807, 2.05) is 0 Å². The molecule has 1 heterocycles. The number of thioether (sulfide) groups is 1. The first-order chi connectivity index (χ1) is 6.49. The molecule has 80 valence electrons. The van der Waals surface area contributed by atoms with Gasteiger partial charge in [0.1, 0.15) is 6.04 Å². The zero-order valence-electron chi connectivity index (χ0n) is 8.07. The molecule has 0 amide bonds. The lowest BCUT2D eigenvalue weighted by molar-refractivity contribution is -0.147. The van der Waals surface area contributed by atoms with Crippen LogP contribution in [0.1, 0.15) is 13.8 Å². The van der Waals surface area contributed by atoms with Crippen molar-refractivity contribution in [3.63, 3.8) is 0 Å². The molecular formula is C8H13NO4S. The van der Waals surface area contributed by atoms with Crippen molar-refractivity contribution in [2.75, 3.05) is 12.4 Å². The summed E-state index contributed by atoms with van der Waals surface area (Å²) in [7, 11) is 0. The van der Waals surface area contributed by atoms with Gasteiger partial charge in [-0.3, -0.25) is 10.1 Å². The third-order valence-electron chi connectivity index (χ3n) is 1.95. The van der Waals surface area contributed by atoms with Gasteiger partial charge in [0.05, 0.1) is 6.61 Å². The van der Waals surface area contributed by atoms with E-state index in [1.165, 1.54) is 11.8 Å². The maximum atomic E-state index is 11.4. The molecule has 1 saturated heterocycles. The Hall–Kier alpha value is -0.750. The minimum absolute atomic E-state index is 0.300. The van der Waals surface area contributed by atoms with E-state index in [2.05, 4.69) is 5.32 Å². The van der Waals surface area contributed by atoms with Gasteiger partial charge >= 0.3 is 11.9 Å². The predicted octanol–water partition coefficient (Wildman–Crippen LogP) is 0.0553. The lowest BCUT2D eigenvalue weighted by atomic mass is 10.2. The number of carboxylic acids is 1. The van der Waals surface area contributed by atoms with E-state index in [0.29, 0.717) is 12.4 Å². The van der Waals surface area contributed by atoms with E-state index in [0.717, 1.165) is 0 Å². The largest absolute Gasteiger partial charge is 0.480 e. The van der Waals surface area contributed by atoms with Gasteiger partial charge in [-0.1, -0.05) is 0 Å². The average molecular weight is 219 g/mol. The molecular weight excluding hydrogens is 206 g/mol. The Balaban J connectivity index is 2.61. The Kier molecular flexibility index (Phi) is 3.38. The highest BCUT2D eigenvalue weighted by Gasteiger charge is 2.45. The first-order valence-electron chi connectivity index (χ1n) is 4.31. The number of aliphatic carboxylic acids is 1. The number of esters is 1. The number of hydrogen-bond donors (Lipinski definition) is 2. The van der Waals surface area contributed by atoms with Gasteiger partial charge in [-0.05, 0) is 13.8 Å². The Morgan fingerprint density at radius 3 is 2.79 bits per heavy atom. The zero-order chi connectivity index (χ0) is 10.8.